The lowest BCUT2D eigenvalue weighted by atomic mass is 10.0. The fourth-order valence-corrected chi connectivity index (χ4v) is 2.53. The summed E-state index contributed by atoms with van der Waals surface area (Å²) in [6, 6.07) is 8.09. The molecule has 1 heterocycles. The van der Waals surface area contributed by atoms with Crippen LogP contribution in [0.2, 0.25) is 0 Å². The fourth-order valence-electron chi connectivity index (χ4n) is 2.53. The second-order valence-electron chi connectivity index (χ2n) is 5.00. The van der Waals surface area contributed by atoms with Crippen LogP contribution in [0, 0.1) is 0 Å². The van der Waals surface area contributed by atoms with E-state index in [9.17, 15) is 5.11 Å². The number of anilines is 1. The molecular weight excluding hydrogens is 226 g/mol. The lowest BCUT2D eigenvalue weighted by Gasteiger charge is -2.26. The number of hydrogen-bond acceptors (Lipinski definition) is 3. The maximum Gasteiger partial charge on any atom is 0.0807 e. The van der Waals surface area contributed by atoms with Crippen molar-refractivity contribution in [3.05, 3.63) is 29.8 Å². The van der Waals surface area contributed by atoms with Gasteiger partial charge in [0.1, 0.15) is 0 Å². The molecule has 1 aromatic rings. The molecule has 1 fully saturated rings. The fraction of sp³-hybridized carbons (Fsp3) is 0.600. The molecule has 0 bridgehead atoms. The summed E-state index contributed by atoms with van der Waals surface area (Å²) in [6.07, 6.45) is 3.00. The molecule has 0 radical (unpaired) electrons. The van der Waals surface area contributed by atoms with E-state index in [0.29, 0.717) is 6.10 Å². The molecule has 1 aliphatic rings. The van der Waals surface area contributed by atoms with E-state index in [1.165, 1.54) is 0 Å². The minimum Gasteiger partial charge on any atom is -0.388 e. The van der Waals surface area contributed by atoms with Crippen molar-refractivity contribution >= 4 is 5.69 Å². The highest BCUT2D eigenvalue weighted by atomic mass is 16.5. The van der Waals surface area contributed by atoms with Gasteiger partial charge < -0.3 is 14.7 Å². The average Bonchev–Trinajstić information content (AvgIpc) is 2.90. The predicted molar refractivity (Wildman–Crippen MR) is 73.9 cm³/mol. The van der Waals surface area contributed by atoms with E-state index < -0.39 is 0 Å². The molecule has 0 amide bonds. The van der Waals surface area contributed by atoms with Gasteiger partial charge in [0, 0.05) is 31.5 Å². The predicted octanol–water partition coefficient (Wildman–Crippen LogP) is 2.75. The summed E-state index contributed by atoms with van der Waals surface area (Å²) in [4.78, 5) is 2.20. The lowest BCUT2D eigenvalue weighted by molar-refractivity contribution is 0.116. The molecule has 0 aromatic heterocycles. The number of nitrogens with zero attached hydrogens (tertiary/aromatic N) is 1. The molecule has 1 aliphatic heterocycles. The van der Waals surface area contributed by atoms with Crippen LogP contribution in [0.5, 0.6) is 0 Å². The molecule has 18 heavy (non-hydrogen) atoms. The van der Waals surface area contributed by atoms with Crippen molar-refractivity contribution < 1.29 is 9.84 Å². The summed E-state index contributed by atoms with van der Waals surface area (Å²) in [5.74, 6) is 0. The molecule has 1 unspecified atom stereocenters. The van der Waals surface area contributed by atoms with E-state index in [-0.39, 0.29) is 6.10 Å². The standard InChI is InChI=1S/C15H23NO2/c1-3-15(17)13-8-4-5-9-14(13)16(2)11-12-7-6-10-18-12/h4-5,8-9,12,15,17H,3,6-7,10-11H2,1-2H3/t12?,15-/m0/s1. The summed E-state index contributed by atoms with van der Waals surface area (Å²) < 4.78 is 5.67. The zero-order valence-electron chi connectivity index (χ0n) is 11.3. The molecule has 1 saturated heterocycles. The summed E-state index contributed by atoms with van der Waals surface area (Å²) in [6.45, 7) is 3.78. The van der Waals surface area contributed by atoms with Crippen LogP contribution in [0.1, 0.15) is 37.9 Å². The molecule has 1 N–H and O–H groups in total. The third-order valence-corrected chi connectivity index (χ3v) is 3.60. The first-order valence-corrected chi connectivity index (χ1v) is 6.82. The lowest BCUT2D eigenvalue weighted by Crippen LogP contribution is -2.29. The quantitative estimate of drug-likeness (QED) is 0.871. The van der Waals surface area contributed by atoms with E-state index >= 15 is 0 Å². The van der Waals surface area contributed by atoms with Gasteiger partial charge in [-0.25, -0.2) is 0 Å². The van der Waals surface area contributed by atoms with Crippen LogP contribution in [-0.2, 0) is 4.74 Å². The third-order valence-electron chi connectivity index (χ3n) is 3.60. The topological polar surface area (TPSA) is 32.7 Å². The summed E-state index contributed by atoms with van der Waals surface area (Å²) in [5.41, 5.74) is 2.13. The molecular formula is C15H23NO2. The van der Waals surface area contributed by atoms with Crippen molar-refractivity contribution in [3.63, 3.8) is 0 Å². The maximum atomic E-state index is 10.1. The van der Waals surface area contributed by atoms with Gasteiger partial charge in [-0.2, -0.15) is 0 Å². The number of benzene rings is 1. The van der Waals surface area contributed by atoms with Crippen molar-refractivity contribution in [3.8, 4) is 0 Å². The van der Waals surface area contributed by atoms with Gasteiger partial charge in [-0.15, -0.1) is 0 Å². The van der Waals surface area contributed by atoms with Crippen LogP contribution >= 0.6 is 0 Å². The van der Waals surface area contributed by atoms with Gasteiger partial charge in [-0.05, 0) is 25.3 Å². The Morgan fingerprint density at radius 2 is 2.22 bits per heavy atom. The zero-order valence-corrected chi connectivity index (χ0v) is 11.3. The second-order valence-corrected chi connectivity index (χ2v) is 5.00. The number of para-hydroxylation sites is 1. The van der Waals surface area contributed by atoms with E-state index in [4.69, 9.17) is 4.74 Å². The number of hydrogen-bond donors (Lipinski definition) is 1. The Labute approximate surface area is 109 Å². The van der Waals surface area contributed by atoms with Crippen LogP contribution in [-0.4, -0.2) is 31.4 Å². The van der Waals surface area contributed by atoms with Crippen molar-refractivity contribution in [1.29, 1.82) is 0 Å². The van der Waals surface area contributed by atoms with Crippen LogP contribution in [0.15, 0.2) is 24.3 Å². The molecule has 1 aromatic carbocycles. The van der Waals surface area contributed by atoms with E-state index in [0.717, 1.165) is 43.7 Å². The maximum absolute atomic E-state index is 10.1. The molecule has 0 aliphatic carbocycles. The summed E-state index contributed by atoms with van der Waals surface area (Å²) in [5, 5.41) is 10.1. The Morgan fingerprint density at radius 3 is 2.89 bits per heavy atom. The Morgan fingerprint density at radius 1 is 1.44 bits per heavy atom. The number of likely N-dealkylation sites (N-methyl/N-ethyl adjacent to an activating group) is 1. The first-order valence-electron chi connectivity index (χ1n) is 6.82. The normalized spacial score (nSPS) is 20.9. The van der Waals surface area contributed by atoms with Crippen LogP contribution in [0.3, 0.4) is 0 Å². The van der Waals surface area contributed by atoms with Gasteiger partial charge in [0.15, 0.2) is 0 Å². The molecule has 2 atom stereocenters. The van der Waals surface area contributed by atoms with Gasteiger partial charge in [0.25, 0.3) is 0 Å². The SMILES string of the molecule is CC[C@H](O)c1ccccc1N(C)CC1CCCO1. The number of aliphatic hydroxyl groups is 1. The Bertz CT molecular complexity index is 375. The minimum atomic E-state index is -0.381. The van der Waals surface area contributed by atoms with Gasteiger partial charge in [-0.3, -0.25) is 0 Å². The molecule has 0 spiro atoms. The van der Waals surface area contributed by atoms with E-state index in [1.807, 2.05) is 25.1 Å². The highest BCUT2D eigenvalue weighted by Crippen LogP contribution is 2.28. The molecule has 100 valence electrons. The van der Waals surface area contributed by atoms with Crippen LogP contribution in [0.4, 0.5) is 5.69 Å². The number of ether oxygens (including phenoxy) is 1. The third kappa shape index (κ3) is 3.03. The van der Waals surface area contributed by atoms with Crippen molar-refractivity contribution in [2.24, 2.45) is 0 Å². The molecule has 0 saturated carbocycles. The Hall–Kier alpha value is -1.06. The zero-order chi connectivity index (χ0) is 13.0. The average molecular weight is 249 g/mol. The largest absolute Gasteiger partial charge is 0.388 e. The van der Waals surface area contributed by atoms with Gasteiger partial charge in [-0.1, -0.05) is 25.1 Å². The van der Waals surface area contributed by atoms with Gasteiger partial charge in [0.05, 0.1) is 12.2 Å². The van der Waals surface area contributed by atoms with Crippen molar-refractivity contribution in [2.45, 2.75) is 38.4 Å². The first kappa shape index (κ1) is 13.4. The highest BCUT2D eigenvalue weighted by Gasteiger charge is 2.19. The van der Waals surface area contributed by atoms with Gasteiger partial charge >= 0.3 is 0 Å². The first-order chi connectivity index (χ1) is 8.72. The Balaban J connectivity index is 2.10. The number of aliphatic hydroxyl groups excluding tert-OH is 1. The molecule has 2 rings (SSSR count). The highest BCUT2D eigenvalue weighted by molar-refractivity contribution is 5.54. The van der Waals surface area contributed by atoms with Crippen molar-refractivity contribution in [1.82, 2.24) is 0 Å². The van der Waals surface area contributed by atoms with Crippen LogP contribution < -0.4 is 4.90 Å². The Kier molecular flexibility index (Phi) is 4.61. The van der Waals surface area contributed by atoms with Crippen LogP contribution in [0.25, 0.3) is 0 Å². The molecule has 3 heteroatoms. The van der Waals surface area contributed by atoms with Crippen molar-refractivity contribution in [2.75, 3.05) is 25.1 Å². The summed E-state index contributed by atoms with van der Waals surface area (Å²) >= 11 is 0. The minimum absolute atomic E-state index is 0.335. The summed E-state index contributed by atoms with van der Waals surface area (Å²) in [7, 11) is 2.07. The molecule has 3 nitrogen and oxygen atoms in total. The smallest absolute Gasteiger partial charge is 0.0807 e. The van der Waals surface area contributed by atoms with E-state index in [1.54, 1.807) is 0 Å². The van der Waals surface area contributed by atoms with E-state index in [2.05, 4.69) is 18.0 Å². The van der Waals surface area contributed by atoms with Gasteiger partial charge in [0.2, 0.25) is 0 Å². The second kappa shape index (κ2) is 6.21. The number of rotatable bonds is 5. The monoisotopic (exact) mass is 249 g/mol.